The molecule has 3 aromatic rings. The van der Waals surface area contributed by atoms with Gasteiger partial charge >= 0.3 is 0 Å². The minimum Gasteiger partial charge on any atom is -0.454 e. The molecular weight excluding hydrogens is 458 g/mol. The smallest absolute Gasteiger partial charge is 0.270 e. The van der Waals surface area contributed by atoms with Crippen LogP contribution in [0.1, 0.15) is 34.0 Å². The molecule has 0 saturated carbocycles. The lowest BCUT2D eigenvalue weighted by Gasteiger charge is -2.43. The Morgan fingerprint density at radius 1 is 0.917 bits per heavy atom. The van der Waals surface area contributed by atoms with Crippen LogP contribution in [0.4, 0.5) is 0 Å². The number of likely N-dealkylation sites (tertiary alicyclic amines) is 1. The Bertz CT molecular complexity index is 1430. The molecule has 4 heterocycles. The van der Waals surface area contributed by atoms with Crippen LogP contribution in [0.3, 0.4) is 0 Å². The van der Waals surface area contributed by atoms with Crippen LogP contribution in [0.15, 0.2) is 77.2 Å². The summed E-state index contributed by atoms with van der Waals surface area (Å²) in [5, 5.41) is 2.84. The van der Waals surface area contributed by atoms with Gasteiger partial charge in [0.2, 0.25) is 6.79 Å². The maximum Gasteiger partial charge on any atom is 0.270 e. The summed E-state index contributed by atoms with van der Waals surface area (Å²) in [5.74, 6) is 0.887. The highest BCUT2D eigenvalue weighted by atomic mass is 16.7. The van der Waals surface area contributed by atoms with Crippen molar-refractivity contribution in [3.8, 4) is 11.5 Å². The van der Waals surface area contributed by atoms with Crippen LogP contribution in [-0.4, -0.2) is 41.2 Å². The van der Waals surface area contributed by atoms with Crippen molar-refractivity contribution in [3.05, 3.63) is 99.6 Å². The average molecular weight is 484 g/mol. The fraction of sp³-hybridized carbons (Fsp3) is 0.250. The molecule has 1 N–H and O–H groups in total. The van der Waals surface area contributed by atoms with E-state index < -0.39 is 0 Å². The van der Waals surface area contributed by atoms with Gasteiger partial charge in [0.1, 0.15) is 5.70 Å². The molecule has 1 aromatic heterocycles. The van der Waals surface area contributed by atoms with Gasteiger partial charge in [0.15, 0.2) is 11.5 Å². The maximum absolute atomic E-state index is 13.8. The van der Waals surface area contributed by atoms with Gasteiger partial charge in [-0.15, -0.1) is 0 Å². The minimum absolute atomic E-state index is 0.000457. The number of fused-ring (bicyclic) bond motifs is 5. The first-order valence-corrected chi connectivity index (χ1v) is 12.0. The number of carbonyl (C=O) groups excluding carboxylic acids is 2. The van der Waals surface area contributed by atoms with Crippen molar-refractivity contribution in [1.82, 2.24) is 14.8 Å². The summed E-state index contributed by atoms with van der Waals surface area (Å²) in [7, 11) is 0. The predicted molar refractivity (Wildman–Crippen MR) is 133 cm³/mol. The summed E-state index contributed by atoms with van der Waals surface area (Å²) in [6.07, 6.45) is 2.61. The van der Waals surface area contributed by atoms with Gasteiger partial charge in [-0.1, -0.05) is 30.3 Å². The lowest BCUT2D eigenvalue weighted by molar-refractivity contribution is -0.130. The van der Waals surface area contributed by atoms with Gasteiger partial charge in [0.25, 0.3) is 17.4 Å². The summed E-state index contributed by atoms with van der Waals surface area (Å²) in [6, 6.07) is 19.5. The molecule has 2 atom stereocenters. The summed E-state index contributed by atoms with van der Waals surface area (Å²) >= 11 is 0. The molecule has 6 rings (SSSR count). The van der Waals surface area contributed by atoms with E-state index in [0.717, 1.165) is 12.1 Å². The van der Waals surface area contributed by atoms with Gasteiger partial charge in [-0.25, -0.2) is 0 Å². The second-order valence-corrected chi connectivity index (χ2v) is 9.40. The standard InChI is InChI=1S/C28H25N3O5/c32-26-8-4-7-23-21-11-19(15-31(23)26)14-30(16-21)28(34)22(29-27(33)20-5-2-1-3-6-20)12-18-9-10-24-25(13-18)36-17-35-24/h1-10,12-13,19,21H,11,14-17H2,(H,29,33)/b22-12-/t19-,21-/m1/s1. The van der Waals surface area contributed by atoms with Gasteiger partial charge in [0, 0.05) is 42.9 Å². The number of nitrogens with one attached hydrogen (secondary N) is 1. The fourth-order valence-corrected chi connectivity index (χ4v) is 5.34. The summed E-state index contributed by atoms with van der Waals surface area (Å²) in [4.78, 5) is 41.0. The average Bonchev–Trinajstić information content (AvgIpc) is 3.37. The molecule has 0 unspecified atom stereocenters. The Hall–Kier alpha value is -4.33. The molecule has 0 aliphatic carbocycles. The molecule has 36 heavy (non-hydrogen) atoms. The largest absolute Gasteiger partial charge is 0.454 e. The number of rotatable bonds is 4. The Morgan fingerprint density at radius 3 is 2.61 bits per heavy atom. The Balaban J connectivity index is 1.31. The van der Waals surface area contributed by atoms with E-state index in [1.807, 2.05) is 22.8 Å². The predicted octanol–water partition coefficient (Wildman–Crippen LogP) is 2.99. The van der Waals surface area contributed by atoms with E-state index in [0.29, 0.717) is 42.3 Å². The van der Waals surface area contributed by atoms with E-state index >= 15 is 0 Å². The number of hydrogen-bond donors (Lipinski definition) is 1. The number of aromatic nitrogens is 1. The molecule has 3 aliphatic heterocycles. The summed E-state index contributed by atoms with van der Waals surface area (Å²) in [5.41, 5.74) is 2.33. The van der Waals surface area contributed by atoms with E-state index in [1.54, 1.807) is 59.5 Å². The number of piperidine rings is 1. The third-order valence-corrected chi connectivity index (χ3v) is 6.99. The van der Waals surface area contributed by atoms with Crippen molar-refractivity contribution in [3.63, 3.8) is 0 Å². The lowest BCUT2D eigenvalue weighted by Crippen LogP contribution is -2.50. The highest BCUT2D eigenvalue weighted by molar-refractivity contribution is 6.05. The van der Waals surface area contributed by atoms with E-state index in [1.165, 1.54) is 0 Å². The molecule has 3 aliphatic rings. The van der Waals surface area contributed by atoms with Crippen molar-refractivity contribution in [2.45, 2.75) is 18.9 Å². The molecule has 8 heteroatoms. The SMILES string of the molecule is O=C(N/C(=C\c1ccc2c(c1)OCO2)C(=O)N1C[C@H]2C[C@H](C1)c1cccc(=O)n1C2)c1ccccc1. The topological polar surface area (TPSA) is 89.9 Å². The van der Waals surface area contributed by atoms with Crippen molar-refractivity contribution in [1.29, 1.82) is 0 Å². The zero-order valence-corrected chi connectivity index (χ0v) is 19.6. The quantitative estimate of drug-likeness (QED) is 0.577. The second-order valence-electron chi connectivity index (χ2n) is 9.40. The van der Waals surface area contributed by atoms with Gasteiger partial charge in [-0.3, -0.25) is 14.4 Å². The number of benzene rings is 2. The van der Waals surface area contributed by atoms with E-state index in [2.05, 4.69) is 5.32 Å². The number of pyridine rings is 1. The first-order valence-electron chi connectivity index (χ1n) is 12.0. The molecule has 182 valence electrons. The molecule has 0 radical (unpaired) electrons. The molecule has 1 fully saturated rings. The molecule has 2 aromatic carbocycles. The Labute approximate surface area is 207 Å². The van der Waals surface area contributed by atoms with Crippen molar-refractivity contribution < 1.29 is 19.1 Å². The van der Waals surface area contributed by atoms with E-state index in [4.69, 9.17) is 9.47 Å². The number of amides is 2. The molecule has 2 bridgehead atoms. The zero-order chi connectivity index (χ0) is 24.6. The highest BCUT2D eigenvalue weighted by Gasteiger charge is 2.37. The number of ether oxygens (including phenoxy) is 2. The molecule has 2 amide bonds. The van der Waals surface area contributed by atoms with E-state index in [9.17, 15) is 14.4 Å². The lowest BCUT2D eigenvalue weighted by atomic mass is 9.83. The van der Waals surface area contributed by atoms with Crippen LogP contribution < -0.4 is 20.3 Å². The van der Waals surface area contributed by atoms with Crippen molar-refractivity contribution in [2.24, 2.45) is 5.92 Å². The number of hydrogen-bond acceptors (Lipinski definition) is 5. The van der Waals surface area contributed by atoms with Crippen molar-refractivity contribution >= 4 is 17.9 Å². The fourth-order valence-electron chi connectivity index (χ4n) is 5.34. The van der Waals surface area contributed by atoms with Gasteiger partial charge in [-0.2, -0.15) is 0 Å². The molecule has 8 nitrogen and oxygen atoms in total. The first-order chi connectivity index (χ1) is 17.5. The van der Waals surface area contributed by atoms with Crippen LogP contribution in [0.2, 0.25) is 0 Å². The number of carbonyl (C=O) groups is 2. The van der Waals surface area contributed by atoms with Gasteiger partial charge < -0.3 is 24.3 Å². The third kappa shape index (κ3) is 4.15. The maximum atomic E-state index is 13.8. The third-order valence-electron chi connectivity index (χ3n) is 6.99. The molecular formula is C28H25N3O5. The van der Waals surface area contributed by atoms with Gasteiger partial charge in [0.05, 0.1) is 0 Å². The van der Waals surface area contributed by atoms with Crippen LogP contribution in [0.25, 0.3) is 6.08 Å². The van der Waals surface area contributed by atoms with Crippen LogP contribution >= 0.6 is 0 Å². The zero-order valence-electron chi connectivity index (χ0n) is 19.6. The first kappa shape index (κ1) is 22.2. The number of nitrogens with zero attached hydrogens (tertiary/aromatic N) is 2. The monoisotopic (exact) mass is 483 g/mol. The highest BCUT2D eigenvalue weighted by Crippen LogP contribution is 2.36. The van der Waals surface area contributed by atoms with Crippen LogP contribution in [0.5, 0.6) is 11.5 Å². The minimum atomic E-state index is -0.356. The second kappa shape index (κ2) is 9.03. The van der Waals surface area contributed by atoms with E-state index in [-0.39, 0.29) is 41.7 Å². The molecule has 1 saturated heterocycles. The Morgan fingerprint density at radius 2 is 1.75 bits per heavy atom. The summed E-state index contributed by atoms with van der Waals surface area (Å²) < 4.78 is 12.7. The van der Waals surface area contributed by atoms with Gasteiger partial charge in [-0.05, 0) is 54.3 Å². The van der Waals surface area contributed by atoms with Crippen molar-refractivity contribution in [2.75, 3.05) is 19.9 Å². The Kier molecular flexibility index (Phi) is 5.56. The normalized spacial score (nSPS) is 20.0. The van der Waals surface area contributed by atoms with Crippen LogP contribution in [0, 0.1) is 5.92 Å². The van der Waals surface area contributed by atoms with Crippen LogP contribution in [-0.2, 0) is 11.3 Å². The molecule has 0 spiro atoms. The summed E-state index contributed by atoms with van der Waals surface area (Å²) in [6.45, 7) is 1.75.